The Morgan fingerprint density at radius 2 is 1.56 bits per heavy atom. The summed E-state index contributed by atoms with van der Waals surface area (Å²) in [5.41, 5.74) is -2.17. The summed E-state index contributed by atoms with van der Waals surface area (Å²) < 4.78 is 39.7. The quantitative estimate of drug-likeness (QED) is 0.564. The highest BCUT2D eigenvalue weighted by Gasteiger charge is 2.36. The first-order valence-electron chi connectivity index (χ1n) is 6.67. The molecular formula is C14H7F3N4O4. The Balaban J connectivity index is 2.20. The molecule has 0 aliphatic heterocycles. The van der Waals surface area contributed by atoms with Gasteiger partial charge in [0.15, 0.2) is 0 Å². The van der Waals surface area contributed by atoms with E-state index in [0.717, 1.165) is 18.2 Å². The first kappa shape index (κ1) is 16.4. The number of hydrogen-bond donors (Lipinski definition) is 1. The van der Waals surface area contributed by atoms with Crippen LogP contribution in [0.25, 0.3) is 22.4 Å². The third kappa shape index (κ3) is 2.98. The molecule has 1 N–H and O–H groups in total. The summed E-state index contributed by atoms with van der Waals surface area (Å²) in [6, 6.07) is 5.91. The minimum Gasteiger partial charge on any atom is -0.338 e. The fourth-order valence-corrected chi connectivity index (χ4v) is 2.33. The highest BCUT2D eigenvalue weighted by molar-refractivity contribution is 5.82. The average Bonchev–Trinajstić information content (AvgIpc) is 2.96. The third-order valence-electron chi connectivity index (χ3n) is 3.45. The number of halogens is 3. The maximum Gasteiger partial charge on any atom is 0.417 e. The topological polar surface area (TPSA) is 115 Å². The first-order valence-corrected chi connectivity index (χ1v) is 6.67. The van der Waals surface area contributed by atoms with Crippen LogP contribution in [-0.4, -0.2) is 19.8 Å². The Morgan fingerprint density at radius 1 is 0.960 bits per heavy atom. The van der Waals surface area contributed by atoms with Gasteiger partial charge in [0.05, 0.1) is 26.4 Å². The largest absolute Gasteiger partial charge is 0.417 e. The van der Waals surface area contributed by atoms with Crippen molar-refractivity contribution in [1.82, 2.24) is 9.97 Å². The molecule has 0 atom stereocenters. The van der Waals surface area contributed by atoms with Gasteiger partial charge < -0.3 is 4.98 Å². The normalized spacial score (nSPS) is 11.6. The Hall–Kier alpha value is -3.50. The molecule has 8 nitrogen and oxygen atoms in total. The van der Waals surface area contributed by atoms with E-state index in [1.807, 2.05) is 0 Å². The van der Waals surface area contributed by atoms with Crippen LogP contribution in [0.4, 0.5) is 24.5 Å². The Bertz CT molecular complexity index is 1010. The van der Waals surface area contributed by atoms with Crippen molar-refractivity contribution in [3.05, 3.63) is 62.2 Å². The highest BCUT2D eigenvalue weighted by atomic mass is 19.4. The van der Waals surface area contributed by atoms with Gasteiger partial charge in [0.25, 0.3) is 11.4 Å². The van der Waals surface area contributed by atoms with Gasteiger partial charge in [-0.15, -0.1) is 0 Å². The summed E-state index contributed by atoms with van der Waals surface area (Å²) in [5.74, 6) is -0.197. The van der Waals surface area contributed by atoms with Crippen molar-refractivity contribution >= 4 is 22.4 Å². The molecule has 0 aliphatic rings. The summed E-state index contributed by atoms with van der Waals surface area (Å²) >= 11 is 0. The molecule has 0 aliphatic carbocycles. The zero-order valence-corrected chi connectivity index (χ0v) is 12.1. The molecule has 0 saturated carbocycles. The molecule has 0 amide bonds. The SMILES string of the molecule is O=[N+]([O-])c1ccc(-c2nc3ccc([N+](=O)[O-])cc3[nH]2)c(C(F)(F)F)c1. The maximum absolute atomic E-state index is 13.2. The molecule has 3 aromatic rings. The van der Waals surface area contributed by atoms with Crippen molar-refractivity contribution < 1.29 is 23.0 Å². The van der Waals surface area contributed by atoms with Gasteiger partial charge in [-0.3, -0.25) is 20.2 Å². The third-order valence-corrected chi connectivity index (χ3v) is 3.45. The second kappa shape index (κ2) is 5.54. The van der Waals surface area contributed by atoms with E-state index in [1.54, 1.807) is 0 Å². The van der Waals surface area contributed by atoms with Gasteiger partial charge in [-0.1, -0.05) is 0 Å². The number of aromatic nitrogens is 2. The first-order chi connectivity index (χ1) is 11.7. The van der Waals surface area contributed by atoms with Crippen LogP contribution in [0.5, 0.6) is 0 Å². The molecular weight excluding hydrogens is 345 g/mol. The fourth-order valence-electron chi connectivity index (χ4n) is 2.33. The van der Waals surface area contributed by atoms with Crippen LogP contribution >= 0.6 is 0 Å². The fraction of sp³-hybridized carbons (Fsp3) is 0.0714. The van der Waals surface area contributed by atoms with E-state index in [9.17, 15) is 33.4 Å². The standard InChI is InChI=1S/C14H7F3N4O4/c15-14(16,17)10-5-7(20(22)23)1-3-9(10)13-18-11-4-2-8(21(24)25)6-12(11)19-13/h1-6H,(H,18,19). The molecule has 1 aromatic heterocycles. The number of nitro benzene ring substituents is 2. The average molecular weight is 352 g/mol. The van der Waals surface area contributed by atoms with Gasteiger partial charge in [-0.2, -0.15) is 13.2 Å². The molecule has 0 fully saturated rings. The summed E-state index contributed by atoms with van der Waals surface area (Å²) in [6.07, 6.45) is -4.84. The number of rotatable bonds is 3. The van der Waals surface area contributed by atoms with Crippen LogP contribution in [-0.2, 0) is 6.18 Å². The van der Waals surface area contributed by atoms with Gasteiger partial charge in [0, 0.05) is 29.8 Å². The Morgan fingerprint density at radius 3 is 2.16 bits per heavy atom. The maximum atomic E-state index is 13.2. The molecule has 0 spiro atoms. The van der Waals surface area contributed by atoms with Crippen molar-refractivity contribution in [3.8, 4) is 11.4 Å². The molecule has 1 heterocycles. The van der Waals surface area contributed by atoms with Crippen LogP contribution in [0.15, 0.2) is 36.4 Å². The number of benzene rings is 2. The molecule has 11 heteroatoms. The molecule has 3 rings (SSSR count). The van der Waals surface area contributed by atoms with Gasteiger partial charge in [0.2, 0.25) is 0 Å². The molecule has 0 unspecified atom stereocenters. The summed E-state index contributed by atoms with van der Waals surface area (Å²) in [5, 5.41) is 21.5. The smallest absolute Gasteiger partial charge is 0.338 e. The summed E-state index contributed by atoms with van der Waals surface area (Å²) in [4.78, 5) is 26.5. The van der Waals surface area contributed by atoms with Crippen molar-refractivity contribution in [3.63, 3.8) is 0 Å². The number of non-ortho nitro benzene ring substituents is 2. The minimum absolute atomic E-state index is 0.177. The number of aromatic amines is 1. The highest BCUT2D eigenvalue weighted by Crippen LogP contribution is 2.38. The lowest BCUT2D eigenvalue weighted by molar-refractivity contribution is -0.385. The van der Waals surface area contributed by atoms with Crippen LogP contribution in [0.2, 0.25) is 0 Å². The van der Waals surface area contributed by atoms with E-state index in [4.69, 9.17) is 0 Å². The second-order valence-electron chi connectivity index (χ2n) is 5.03. The Labute approximate surface area is 136 Å². The van der Waals surface area contributed by atoms with Gasteiger partial charge in [0.1, 0.15) is 5.82 Å². The monoisotopic (exact) mass is 352 g/mol. The lowest BCUT2D eigenvalue weighted by Crippen LogP contribution is -2.08. The van der Waals surface area contributed by atoms with Gasteiger partial charge in [-0.05, 0) is 12.1 Å². The number of nitro groups is 2. The lowest BCUT2D eigenvalue weighted by Gasteiger charge is -2.10. The lowest BCUT2D eigenvalue weighted by atomic mass is 10.1. The van der Waals surface area contributed by atoms with Gasteiger partial charge in [-0.25, -0.2) is 4.98 Å². The van der Waals surface area contributed by atoms with Crippen molar-refractivity contribution in [2.45, 2.75) is 6.18 Å². The number of H-pyrrole nitrogens is 1. The molecule has 0 bridgehead atoms. The number of imidazole rings is 1. The van der Waals surface area contributed by atoms with Crippen molar-refractivity contribution in [1.29, 1.82) is 0 Å². The zero-order valence-electron chi connectivity index (χ0n) is 12.1. The minimum atomic E-state index is -4.84. The molecule has 25 heavy (non-hydrogen) atoms. The predicted octanol–water partition coefficient (Wildman–Crippen LogP) is 4.07. The van der Waals surface area contributed by atoms with E-state index < -0.39 is 32.8 Å². The Kier molecular flexibility index (Phi) is 3.63. The van der Waals surface area contributed by atoms with Crippen LogP contribution in [0.3, 0.4) is 0 Å². The number of nitrogens with one attached hydrogen (secondary N) is 1. The zero-order chi connectivity index (χ0) is 18.4. The summed E-state index contributed by atoms with van der Waals surface area (Å²) in [7, 11) is 0. The summed E-state index contributed by atoms with van der Waals surface area (Å²) in [6.45, 7) is 0. The predicted molar refractivity (Wildman–Crippen MR) is 79.8 cm³/mol. The van der Waals surface area contributed by atoms with Crippen molar-refractivity contribution in [2.75, 3.05) is 0 Å². The van der Waals surface area contributed by atoms with Crippen molar-refractivity contribution in [2.24, 2.45) is 0 Å². The molecule has 0 radical (unpaired) electrons. The van der Waals surface area contributed by atoms with E-state index in [1.165, 1.54) is 12.1 Å². The van der Waals surface area contributed by atoms with E-state index >= 15 is 0 Å². The van der Waals surface area contributed by atoms with E-state index in [2.05, 4.69) is 9.97 Å². The van der Waals surface area contributed by atoms with Gasteiger partial charge >= 0.3 is 6.18 Å². The molecule has 2 aromatic carbocycles. The second-order valence-corrected chi connectivity index (χ2v) is 5.03. The molecule has 128 valence electrons. The number of hydrogen-bond acceptors (Lipinski definition) is 5. The van der Waals surface area contributed by atoms with Crippen LogP contribution in [0.1, 0.15) is 5.56 Å². The molecule has 0 saturated heterocycles. The van der Waals surface area contributed by atoms with Crippen LogP contribution < -0.4 is 0 Å². The number of nitrogens with zero attached hydrogens (tertiary/aromatic N) is 3. The van der Waals surface area contributed by atoms with E-state index in [-0.39, 0.29) is 22.5 Å². The number of fused-ring (bicyclic) bond motifs is 1. The van der Waals surface area contributed by atoms with Crippen LogP contribution in [0, 0.1) is 20.2 Å². The number of alkyl halides is 3. The van der Waals surface area contributed by atoms with E-state index in [0.29, 0.717) is 6.07 Å².